The highest BCUT2D eigenvalue weighted by Gasteiger charge is 2.25. The van der Waals surface area contributed by atoms with E-state index in [0.717, 1.165) is 58.7 Å². The van der Waals surface area contributed by atoms with Crippen LogP contribution in [0.2, 0.25) is 0 Å². The van der Waals surface area contributed by atoms with Gasteiger partial charge in [0.05, 0.1) is 19.3 Å². The van der Waals surface area contributed by atoms with E-state index in [-0.39, 0.29) is 6.09 Å². The first-order chi connectivity index (χ1) is 10.2. The third-order valence-electron chi connectivity index (χ3n) is 4.33. The third kappa shape index (κ3) is 5.13. The van der Waals surface area contributed by atoms with Crippen LogP contribution in [0.15, 0.2) is 0 Å². The smallest absolute Gasteiger partial charge is 0.409 e. The summed E-state index contributed by atoms with van der Waals surface area (Å²) in [5, 5.41) is 3.60. The Labute approximate surface area is 127 Å². The summed E-state index contributed by atoms with van der Waals surface area (Å²) in [7, 11) is 0. The number of amides is 1. The number of rotatable bonds is 5. The lowest BCUT2D eigenvalue weighted by Crippen LogP contribution is -2.50. The highest BCUT2D eigenvalue weighted by molar-refractivity contribution is 5.67. The summed E-state index contributed by atoms with van der Waals surface area (Å²) >= 11 is 0. The van der Waals surface area contributed by atoms with E-state index in [4.69, 9.17) is 9.47 Å². The summed E-state index contributed by atoms with van der Waals surface area (Å²) in [6.07, 6.45) is 2.10. The highest BCUT2D eigenvalue weighted by atomic mass is 16.6. The lowest BCUT2D eigenvalue weighted by molar-refractivity contribution is -0.0271. The number of nitrogens with one attached hydrogen (secondary N) is 1. The number of likely N-dealkylation sites (tertiary alicyclic amines) is 1. The van der Waals surface area contributed by atoms with E-state index in [2.05, 4.69) is 17.1 Å². The number of hydrogen-bond donors (Lipinski definition) is 1. The van der Waals surface area contributed by atoms with Gasteiger partial charge in [-0.25, -0.2) is 4.79 Å². The van der Waals surface area contributed by atoms with Gasteiger partial charge in [-0.2, -0.15) is 0 Å². The molecule has 2 fully saturated rings. The molecule has 0 aromatic carbocycles. The van der Waals surface area contributed by atoms with Crippen LogP contribution in [0.4, 0.5) is 4.79 Å². The zero-order valence-electron chi connectivity index (χ0n) is 13.3. The van der Waals surface area contributed by atoms with E-state index in [1.165, 1.54) is 0 Å². The van der Waals surface area contributed by atoms with Crippen molar-refractivity contribution in [1.29, 1.82) is 0 Å². The molecule has 1 unspecified atom stereocenters. The van der Waals surface area contributed by atoms with Gasteiger partial charge in [0.2, 0.25) is 0 Å². The summed E-state index contributed by atoms with van der Waals surface area (Å²) in [5.74, 6) is 0. The minimum Gasteiger partial charge on any atom is -0.450 e. The molecule has 0 aromatic heterocycles. The Bertz CT molecular complexity index is 319. The van der Waals surface area contributed by atoms with Gasteiger partial charge < -0.3 is 19.7 Å². The minimum absolute atomic E-state index is 0.176. The van der Waals surface area contributed by atoms with Crippen molar-refractivity contribution in [2.45, 2.75) is 38.8 Å². The number of carbonyl (C=O) groups is 1. The van der Waals surface area contributed by atoms with Crippen LogP contribution in [0.1, 0.15) is 26.7 Å². The molecule has 0 aliphatic carbocycles. The van der Waals surface area contributed by atoms with Crippen LogP contribution in [-0.2, 0) is 9.47 Å². The lowest BCUT2D eigenvalue weighted by atomic mass is 10.1. The van der Waals surface area contributed by atoms with Crippen LogP contribution in [0.3, 0.4) is 0 Å². The zero-order valence-corrected chi connectivity index (χ0v) is 13.3. The first-order valence-electron chi connectivity index (χ1n) is 8.22. The van der Waals surface area contributed by atoms with E-state index in [9.17, 15) is 4.79 Å². The molecule has 2 rings (SSSR count). The number of carbonyl (C=O) groups excluding carboxylic acids is 1. The molecule has 0 bridgehead atoms. The normalized spacial score (nSPS) is 25.0. The topological polar surface area (TPSA) is 54.0 Å². The van der Waals surface area contributed by atoms with Gasteiger partial charge in [-0.1, -0.05) is 6.92 Å². The second-order valence-electron chi connectivity index (χ2n) is 5.75. The maximum absolute atomic E-state index is 11.6. The van der Waals surface area contributed by atoms with E-state index in [0.29, 0.717) is 18.8 Å². The SMILES string of the molecule is CCOC(=O)N1CCC(NCC2CN(CC)CCO2)CC1. The molecule has 6 nitrogen and oxygen atoms in total. The number of ether oxygens (including phenoxy) is 2. The number of likely N-dealkylation sites (N-methyl/N-ethyl adjacent to an activating group) is 1. The van der Waals surface area contributed by atoms with Crippen LogP contribution >= 0.6 is 0 Å². The van der Waals surface area contributed by atoms with Crippen LogP contribution < -0.4 is 5.32 Å². The molecule has 2 aliphatic rings. The van der Waals surface area contributed by atoms with Crippen molar-refractivity contribution in [3.63, 3.8) is 0 Å². The second kappa shape index (κ2) is 8.56. The standard InChI is InChI=1S/C15H29N3O3/c1-3-17-9-10-21-14(12-17)11-16-13-5-7-18(8-6-13)15(19)20-4-2/h13-14,16H,3-12H2,1-2H3. The molecule has 6 heteroatoms. The van der Waals surface area contributed by atoms with E-state index >= 15 is 0 Å². The number of nitrogens with zero attached hydrogens (tertiary/aromatic N) is 2. The van der Waals surface area contributed by atoms with Crippen molar-refractivity contribution in [1.82, 2.24) is 15.1 Å². The Morgan fingerprint density at radius 1 is 1.29 bits per heavy atom. The summed E-state index contributed by atoms with van der Waals surface area (Å²) in [4.78, 5) is 15.9. The Morgan fingerprint density at radius 3 is 2.71 bits per heavy atom. The molecular formula is C15H29N3O3. The van der Waals surface area contributed by atoms with E-state index in [1.807, 2.05) is 6.92 Å². The molecule has 0 spiro atoms. The Balaban J connectivity index is 1.63. The number of hydrogen-bond acceptors (Lipinski definition) is 5. The van der Waals surface area contributed by atoms with Gasteiger partial charge >= 0.3 is 6.09 Å². The zero-order chi connectivity index (χ0) is 15.1. The molecule has 1 atom stereocenters. The van der Waals surface area contributed by atoms with Crippen LogP contribution in [0.5, 0.6) is 0 Å². The predicted octanol–water partition coefficient (Wildman–Crippen LogP) is 0.918. The van der Waals surface area contributed by atoms with Crippen molar-refractivity contribution < 1.29 is 14.3 Å². The van der Waals surface area contributed by atoms with Gasteiger partial charge in [0.1, 0.15) is 0 Å². The lowest BCUT2D eigenvalue weighted by Gasteiger charge is -2.35. The van der Waals surface area contributed by atoms with E-state index in [1.54, 1.807) is 4.90 Å². The second-order valence-corrected chi connectivity index (χ2v) is 5.75. The molecule has 2 aliphatic heterocycles. The number of morpholine rings is 1. The van der Waals surface area contributed by atoms with Gasteiger partial charge in [0, 0.05) is 38.8 Å². The van der Waals surface area contributed by atoms with Crippen molar-refractivity contribution in [2.75, 3.05) is 52.5 Å². The molecular weight excluding hydrogens is 270 g/mol. The molecule has 0 radical (unpaired) electrons. The first kappa shape index (κ1) is 16.5. The monoisotopic (exact) mass is 299 g/mol. The molecule has 2 heterocycles. The molecule has 122 valence electrons. The fourth-order valence-electron chi connectivity index (χ4n) is 2.97. The van der Waals surface area contributed by atoms with Gasteiger partial charge in [-0.15, -0.1) is 0 Å². The Hall–Kier alpha value is -0.850. The summed E-state index contributed by atoms with van der Waals surface area (Å²) in [5.41, 5.74) is 0. The maximum Gasteiger partial charge on any atom is 0.409 e. The van der Waals surface area contributed by atoms with Crippen molar-refractivity contribution >= 4 is 6.09 Å². The quantitative estimate of drug-likeness (QED) is 0.818. The highest BCUT2D eigenvalue weighted by Crippen LogP contribution is 2.12. The molecule has 1 amide bonds. The summed E-state index contributed by atoms with van der Waals surface area (Å²) in [6, 6.07) is 0.483. The predicted molar refractivity (Wildman–Crippen MR) is 81.5 cm³/mol. The van der Waals surface area contributed by atoms with Gasteiger partial charge in [0.15, 0.2) is 0 Å². The molecule has 21 heavy (non-hydrogen) atoms. The van der Waals surface area contributed by atoms with Crippen molar-refractivity contribution in [3.05, 3.63) is 0 Å². The molecule has 2 saturated heterocycles. The van der Waals surface area contributed by atoms with Gasteiger partial charge in [-0.3, -0.25) is 4.90 Å². The van der Waals surface area contributed by atoms with Crippen molar-refractivity contribution in [2.24, 2.45) is 0 Å². The number of piperidine rings is 1. The molecule has 0 aromatic rings. The summed E-state index contributed by atoms with van der Waals surface area (Å²) < 4.78 is 10.8. The van der Waals surface area contributed by atoms with Gasteiger partial charge in [-0.05, 0) is 26.3 Å². The largest absolute Gasteiger partial charge is 0.450 e. The Morgan fingerprint density at radius 2 is 2.05 bits per heavy atom. The van der Waals surface area contributed by atoms with Crippen LogP contribution in [0, 0.1) is 0 Å². The molecule has 0 saturated carbocycles. The maximum atomic E-state index is 11.6. The van der Waals surface area contributed by atoms with Crippen LogP contribution in [0.25, 0.3) is 0 Å². The first-order valence-corrected chi connectivity index (χ1v) is 8.22. The fraction of sp³-hybridized carbons (Fsp3) is 0.933. The summed E-state index contributed by atoms with van der Waals surface area (Å²) in [6.45, 7) is 10.9. The van der Waals surface area contributed by atoms with E-state index < -0.39 is 0 Å². The Kier molecular flexibility index (Phi) is 6.73. The molecule has 1 N–H and O–H groups in total. The average Bonchev–Trinajstić information content (AvgIpc) is 2.54. The van der Waals surface area contributed by atoms with Gasteiger partial charge in [0.25, 0.3) is 0 Å². The average molecular weight is 299 g/mol. The van der Waals surface area contributed by atoms with Crippen LogP contribution in [-0.4, -0.2) is 80.5 Å². The fourth-order valence-corrected chi connectivity index (χ4v) is 2.97. The van der Waals surface area contributed by atoms with Crippen molar-refractivity contribution in [3.8, 4) is 0 Å². The minimum atomic E-state index is -0.176. The third-order valence-corrected chi connectivity index (χ3v) is 4.33.